The molecule has 2 aromatic carbocycles. The molecule has 2 aromatic rings. The minimum absolute atomic E-state index is 0.0181. The summed E-state index contributed by atoms with van der Waals surface area (Å²) in [4.78, 5) is 29.6. The summed E-state index contributed by atoms with van der Waals surface area (Å²) in [5, 5.41) is 11.8. The molecule has 1 N–H and O–H groups in total. The van der Waals surface area contributed by atoms with E-state index in [1.807, 2.05) is 19.0 Å². The molecule has 1 unspecified atom stereocenters. The van der Waals surface area contributed by atoms with Gasteiger partial charge in [-0.05, 0) is 63.0 Å². The molecule has 1 amide bonds. The Balaban J connectivity index is 2.14. The number of hydrogen-bond acceptors (Lipinski definition) is 6. The molecular formula is C24H26Cl2N2O5. The number of hydrogen-bond donors (Lipinski definition) is 1. The lowest BCUT2D eigenvalue weighted by Crippen LogP contribution is -2.32. The van der Waals surface area contributed by atoms with Gasteiger partial charge in [-0.2, -0.15) is 0 Å². The van der Waals surface area contributed by atoms with Gasteiger partial charge in [0, 0.05) is 12.1 Å². The highest BCUT2D eigenvalue weighted by Crippen LogP contribution is 2.42. The van der Waals surface area contributed by atoms with E-state index >= 15 is 0 Å². The largest absolute Gasteiger partial charge is 0.507 e. The summed E-state index contributed by atoms with van der Waals surface area (Å²) in [5.74, 6) is -0.886. The molecule has 9 heteroatoms. The Morgan fingerprint density at radius 2 is 1.73 bits per heavy atom. The summed E-state index contributed by atoms with van der Waals surface area (Å²) in [6.45, 7) is 1.06. The Morgan fingerprint density at radius 1 is 1.03 bits per heavy atom. The lowest BCUT2D eigenvalue weighted by atomic mass is 9.95. The Hall–Kier alpha value is -2.74. The molecule has 1 fully saturated rings. The topological polar surface area (TPSA) is 79.3 Å². The van der Waals surface area contributed by atoms with E-state index in [1.165, 1.54) is 19.1 Å². The van der Waals surface area contributed by atoms with Crippen LogP contribution in [0, 0.1) is 0 Å². The minimum Gasteiger partial charge on any atom is -0.507 e. The molecule has 1 atom stereocenters. The van der Waals surface area contributed by atoms with Crippen LogP contribution in [0.15, 0.2) is 42.0 Å². The third-order valence-electron chi connectivity index (χ3n) is 5.46. The predicted molar refractivity (Wildman–Crippen MR) is 128 cm³/mol. The molecule has 176 valence electrons. The van der Waals surface area contributed by atoms with Crippen LogP contribution in [0.4, 0.5) is 0 Å². The molecule has 0 bridgehead atoms. The summed E-state index contributed by atoms with van der Waals surface area (Å²) < 4.78 is 10.6. The molecule has 1 heterocycles. The van der Waals surface area contributed by atoms with Crippen molar-refractivity contribution in [2.45, 2.75) is 12.5 Å². The fraction of sp³-hybridized carbons (Fsp3) is 0.333. The van der Waals surface area contributed by atoms with Gasteiger partial charge in [0.1, 0.15) is 5.76 Å². The maximum absolute atomic E-state index is 13.1. The van der Waals surface area contributed by atoms with Crippen molar-refractivity contribution < 1.29 is 24.2 Å². The number of rotatable bonds is 8. The van der Waals surface area contributed by atoms with Crippen LogP contribution in [0.5, 0.6) is 11.5 Å². The first kappa shape index (κ1) is 24.9. The van der Waals surface area contributed by atoms with E-state index in [9.17, 15) is 14.7 Å². The van der Waals surface area contributed by atoms with Crippen molar-refractivity contribution in [3.05, 3.63) is 63.1 Å². The zero-order valence-electron chi connectivity index (χ0n) is 18.9. The number of amides is 1. The maximum atomic E-state index is 13.1. The molecular weight excluding hydrogens is 467 g/mol. The third-order valence-corrected chi connectivity index (χ3v) is 6.20. The first-order chi connectivity index (χ1) is 15.7. The molecule has 1 aliphatic rings. The van der Waals surface area contributed by atoms with Crippen molar-refractivity contribution in [2.75, 3.05) is 41.4 Å². The monoisotopic (exact) mass is 492 g/mol. The predicted octanol–water partition coefficient (Wildman–Crippen LogP) is 4.38. The molecule has 0 radical (unpaired) electrons. The Bertz CT molecular complexity index is 1100. The second kappa shape index (κ2) is 10.5. The summed E-state index contributed by atoms with van der Waals surface area (Å²) in [5.41, 5.74) is 0.884. The van der Waals surface area contributed by atoms with Gasteiger partial charge in [-0.25, -0.2) is 0 Å². The van der Waals surface area contributed by atoms with Gasteiger partial charge in [-0.3, -0.25) is 9.59 Å². The maximum Gasteiger partial charge on any atom is 0.295 e. The Kier molecular flexibility index (Phi) is 7.89. The summed E-state index contributed by atoms with van der Waals surface area (Å²) in [6.07, 6.45) is 0.647. The second-order valence-corrected chi connectivity index (χ2v) is 8.71. The lowest BCUT2D eigenvalue weighted by Gasteiger charge is -2.26. The fourth-order valence-corrected chi connectivity index (χ4v) is 4.14. The first-order valence-corrected chi connectivity index (χ1v) is 11.1. The smallest absolute Gasteiger partial charge is 0.295 e. The first-order valence-electron chi connectivity index (χ1n) is 10.3. The number of Topliss-reactive ketones (excluding diaryl/α,β-unsaturated/α-hetero) is 1. The van der Waals surface area contributed by atoms with E-state index in [1.54, 1.807) is 36.4 Å². The fourth-order valence-electron chi connectivity index (χ4n) is 3.84. The van der Waals surface area contributed by atoms with E-state index in [-0.39, 0.29) is 11.3 Å². The number of carbonyl (C=O) groups is 2. The molecule has 0 aliphatic carbocycles. The van der Waals surface area contributed by atoms with Gasteiger partial charge in [0.15, 0.2) is 11.5 Å². The van der Waals surface area contributed by atoms with Gasteiger partial charge in [0.05, 0.1) is 35.9 Å². The molecule has 0 saturated carbocycles. The van der Waals surface area contributed by atoms with E-state index in [4.69, 9.17) is 32.7 Å². The zero-order valence-corrected chi connectivity index (χ0v) is 20.4. The van der Waals surface area contributed by atoms with Crippen LogP contribution in [-0.2, 0) is 9.59 Å². The van der Waals surface area contributed by atoms with Gasteiger partial charge < -0.3 is 24.4 Å². The number of aliphatic hydroxyl groups excluding tert-OH is 1. The van der Waals surface area contributed by atoms with Gasteiger partial charge in [-0.15, -0.1) is 0 Å². The molecule has 1 aliphatic heterocycles. The van der Waals surface area contributed by atoms with Crippen LogP contribution in [0.25, 0.3) is 5.76 Å². The van der Waals surface area contributed by atoms with E-state index < -0.39 is 17.7 Å². The minimum atomic E-state index is -0.810. The average Bonchev–Trinajstić information content (AvgIpc) is 3.04. The van der Waals surface area contributed by atoms with Gasteiger partial charge in [-0.1, -0.05) is 29.3 Å². The molecule has 1 saturated heterocycles. The highest BCUT2D eigenvalue weighted by atomic mass is 35.5. The Morgan fingerprint density at radius 3 is 2.33 bits per heavy atom. The van der Waals surface area contributed by atoms with Gasteiger partial charge in [0.25, 0.3) is 11.7 Å². The van der Waals surface area contributed by atoms with Crippen LogP contribution in [0.3, 0.4) is 0 Å². The quantitative estimate of drug-likeness (QED) is 0.334. The van der Waals surface area contributed by atoms with Crippen molar-refractivity contribution in [3.8, 4) is 11.5 Å². The van der Waals surface area contributed by atoms with Crippen molar-refractivity contribution >= 4 is 40.7 Å². The van der Waals surface area contributed by atoms with Crippen LogP contribution in [0.2, 0.25) is 10.0 Å². The Labute approximate surface area is 203 Å². The second-order valence-electron chi connectivity index (χ2n) is 7.89. The summed E-state index contributed by atoms with van der Waals surface area (Å²) in [7, 11) is 6.84. The number of benzene rings is 2. The van der Waals surface area contributed by atoms with Gasteiger partial charge in [0.2, 0.25) is 0 Å². The van der Waals surface area contributed by atoms with Crippen LogP contribution >= 0.6 is 23.2 Å². The SMILES string of the molecule is COc1ccc(/C(O)=C2/C(=O)C(=O)N(CCCN(C)C)C2c2ccc(Cl)c(Cl)c2)cc1OC. The van der Waals surface area contributed by atoms with E-state index in [0.717, 1.165) is 6.54 Å². The van der Waals surface area contributed by atoms with Crippen LogP contribution in [0.1, 0.15) is 23.6 Å². The highest BCUT2D eigenvalue weighted by molar-refractivity contribution is 6.46. The van der Waals surface area contributed by atoms with E-state index in [0.29, 0.717) is 45.6 Å². The van der Waals surface area contributed by atoms with Gasteiger partial charge >= 0.3 is 0 Å². The van der Waals surface area contributed by atoms with Crippen molar-refractivity contribution in [3.63, 3.8) is 0 Å². The number of halogens is 2. The number of methoxy groups -OCH3 is 2. The zero-order chi connectivity index (χ0) is 24.3. The average molecular weight is 493 g/mol. The van der Waals surface area contributed by atoms with Crippen molar-refractivity contribution in [1.29, 1.82) is 0 Å². The number of ether oxygens (including phenoxy) is 2. The number of likely N-dealkylation sites (tertiary alicyclic amines) is 1. The lowest BCUT2D eigenvalue weighted by molar-refractivity contribution is -0.139. The molecule has 7 nitrogen and oxygen atoms in total. The number of carbonyl (C=O) groups excluding carboxylic acids is 2. The molecule has 0 aromatic heterocycles. The highest BCUT2D eigenvalue weighted by Gasteiger charge is 2.46. The van der Waals surface area contributed by atoms with Crippen LogP contribution in [-0.4, -0.2) is 68.0 Å². The van der Waals surface area contributed by atoms with Crippen molar-refractivity contribution in [1.82, 2.24) is 9.80 Å². The molecule has 0 spiro atoms. The normalized spacial score (nSPS) is 17.7. The number of nitrogens with zero attached hydrogens (tertiary/aromatic N) is 2. The van der Waals surface area contributed by atoms with E-state index in [2.05, 4.69) is 0 Å². The van der Waals surface area contributed by atoms with Crippen LogP contribution < -0.4 is 9.47 Å². The standard InChI is InChI=1S/C24H26Cl2N2O5/c1-27(2)10-5-11-28-21(14-6-8-16(25)17(26)12-14)20(23(30)24(28)31)22(29)15-7-9-18(32-3)19(13-15)33-4/h6-9,12-13,21,29H,5,10-11H2,1-4H3/b22-20-. The number of aliphatic hydroxyl groups is 1. The number of ketones is 1. The molecule has 33 heavy (non-hydrogen) atoms. The molecule has 3 rings (SSSR count). The summed E-state index contributed by atoms with van der Waals surface area (Å²) >= 11 is 12.3. The van der Waals surface area contributed by atoms with Crippen molar-refractivity contribution in [2.24, 2.45) is 0 Å². The third kappa shape index (κ3) is 5.11. The summed E-state index contributed by atoms with van der Waals surface area (Å²) in [6, 6.07) is 8.88.